The molecule has 1 aliphatic heterocycles. The number of benzene rings is 1. The summed E-state index contributed by atoms with van der Waals surface area (Å²) in [6.07, 6.45) is 3.35. The van der Waals surface area contributed by atoms with Crippen molar-refractivity contribution in [2.24, 2.45) is 0 Å². The molecule has 1 aliphatic rings. The number of allylic oxidation sites excluding steroid dienone is 2. The van der Waals surface area contributed by atoms with Crippen molar-refractivity contribution in [3.8, 4) is 0 Å². The summed E-state index contributed by atoms with van der Waals surface area (Å²) in [4.78, 5) is 0. The van der Waals surface area contributed by atoms with Crippen molar-refractivity contribution in [3.63, 3.8) is 0 Å². The quantitative estimate of drug-likeness (QED) is 0.806. The van der Waals surface area contributed by atoms with Gasteiger partial charge in [0, 0.05) is 0 Å². The molecule has 0 saturated heterocycles. The Morgan fingerprint density at radius 1 is 1.22 bits per heavy atom. The van der Waals surface area contributed by atoms with E-state index in [9.17, 15) is 0 Å². The van der Waals surface area contributed by atoms with E-state index in [1.807, 2.05) is 0 Å². The zero-order valence-corrected chi connectivity index (χ0v) is 12.7. The zero-order chi connectivity index (χ0) is 13.1. The lowest BCUT2D eigenvalue weighted by Crippen LogP contribution is -2.24. The van der Waals surface area contributed by atoms with Crippen molar-refractivity contribution >= 4 is 9.52 Å². The van der Waals surface area contributed by atoms with Crippen LogP contribution < -0.4 is 5.32 Å². The van der Waals surface area contributed by atoms with E-state index in [1.165, 1.54) is 21.9 Å². The van der Waals surface area contributed by atoms with Gasteiger partial charge in [-0.2, -0.15) is 0 Å². The molecule has 18 heavy (non-hydrogen) atoms. The van der Waals surface area contributed by atoms with Crippen molar-refractivity contribution in [1.29, 1.82) is 0 Å². The van der Waals surface area contributed by atoms with Crippen LogP contribution in [0.1, 0.15) is 37.4 Å². The van der Waals surface area contributed by atoms with E-state index < -0.39 is 0 Å². The predicted octanol–water partition coefficient (Wildman–Crippen LogP) is 3.96. The second-order valence-electron chi connectivity index (χ2n) is 4.78. The summed E-state index contributed by atoms with van der Waals surface area (Å²) in [6.45, 7) is 8.98. The minimum atomic E-state index is 0.348. The van der Waals surface area contributed by atoms with E-state index in [0.717, 1.165) is 15.9 Å². The van der Waals surface area contributed by atoms with Crippen LogP contribution in [0.5, 0.6) is 0 Å². The molecule has 0 bridgehead atoms. The van der Waals surface area contributed by atoms with Gasteiger partial charge in [0.15, 0.2) is 0 Å². The molecule has 1 heterocycles. The summed E-state index contributed by atoms with van der Waals surface area (Å²) >= 11 is 0. The molecule has 2 radical (unpaired) electrons. The molecule has 1 unspecified atom stereocenters. The lowest BCUT2D eigenvalue weighted by atomic mass is 9.90. The molecule has 0 aromatic heterocycles. The highest BCUT2D eigenvalue weighted by Gasteiger charge is 2.21. The van der Waals surface area contributed by atoms with Crippen LogP contribution in [0.15, 0.2) is 46.8 Å². The second-order valence-corrected chi connectivity index (χ2v) is 5.82. The van der Waals surface area contributed by atoms with Crippen LogP contribution in [0.3, 0.4) is 0 Å². The van der Waals surface area contributed by atoms with Crippen LogP contribution in [0.2, 0.25) is 6.55 Å². The number of hydrogen-bond donors (Lipinski definition) is 1. The third-order valence-corrected chi connectivity index (χ3v) is 4.74. The van der Waals surface area contributed by atoms with Crippen molar-refractivity contribution in [1.82, 2.24) is 5.32 Å². The molecule has 94 valence electrons. The Morgan fingerprint density at radius 3 is 2.56 bits per heavy atom. The highest BCUT2D eigenvalue weighted by atomic mass is 28.2. The van der Waals surface area contributed by atoms with Gasteiger partial charge in [0.1, 0.15) is 0 Å². The molecule has 0 spiro atoms. The van der Waals surface area contributed by atoms with E-state index in [1.54, 1.807) is 5.57 Å². The number of aryl methyl sites for hydroxylation is 1. The summed E-state index contributed by atoms with van der Waals surface area (Å²) < 4.78 is 0. The lowest BCUT2D eigenvalue weighted by Gasteiger charge is -2.29. The van der Waals surface area contributed by atoms with Crippen LogP contribution in [0.4, 0.5) is 0 Å². The molecule has 0 aliphatic carbocycles. The Labute approximate surface area is 113 Å². The normalized spacial score (nSPS) is 19.6. The second kappa shape index (κ2) is 5.57. The third kappa shape index (κ3) is 2.30. The van der Waals surface area contributed by atoms with Crippen molar-refractivity contribution in [2.75, 3.05) is 0 Å². The zero-order valence-electron chi connectivity index (χ0n) is 11.7. The first-order valence-corrected chi connectivity index (χ1v) is 8.08. The summed E-state index contributed by atoms with van der Waals surface area (Å²) in [7, 11) is 0.865. The molecule has 2 heteroatoms. The van der Waals surface area contributed by atoms with Crippen LogP contribution >= 0.6 is 0 Å². The molecule has 1 N–H and O–H groups in total. The number of nitrogens with one attached hydrogen (secondary N) is 1. The van der Waals surface area contributed by atoms with E-state index in [0.29, 0.717) is 6.04 Å². The summed E-state index contributed by atoms with van der Waals surface area (Å²) in [5.41, 5.74) is 5.79. The molecule has 1 aromatic carbocycles. The number of hydrogen-bond acceptors (Lipinski definition) is 1. The maximum atomic E-state index is 3.58. The first-order valence-electron chi connectivity index (χ1n) is 6.58. The molecule has 0 saturated carbocycles. The van der Waals surface area contributed by atoms with Gasteiger partial charge < -0.3 is 5.32 Å². The summed E-state index contributed by atoms with van der Waals surface area (Å²) in [5.74, 6) is 0. The predicted molar refractivity (Wildman–Crippen MR) is 79.7 cm³/mol. The number of dihydropyridines is 1. The van der Waals surface area contributed by atoms with Gasteiger partial charge in [-0.05, 0) is 53.9 Å². The van der Waals surface area contributed by atoms with Crippen LogP contribution in [-0.4, -0.2) is 9.52 Å². The Morgan fingerprint density at radius 2 is 1.94 bits per heavy atom. The molecule has 0 amide bonds. The molecule has 1 atom stereocenters. The standard InChI is InChI=1S/C16H21NSi/c1-5-13-12(3)16(17-10-15(13)18-4)14-9-7-6-8-11(14)2/h6-10,16-17H,5H2,1-4H3. The van der Waals surface area contributed by atoms with Crippen molar-refractivity contribution in [2.45, 2.75) is 39.8 Å². The fourth-order valence-electron chi connectivity index (χ4n) is 2.69. The van der Waals surface area contributed by atoms with Crippen LogP contribution in [0.25, 0.3) is 0 Å². The van der Waals surface area contributed by atoms with Gasteiger partial charge in [-0.3, -0.25) is 0 Å². The molecular weight excluding hydrogens is 234 g/mol. The van der Waals surface area contributed by atoms with Gasteiger partial charge in [-0.25, -0.2) is 0 Å². The Kier molecular flexibility index (Phi) is 4.07. The molecule has 1 aromatic rings. The molecule has 2 rings (SSSR count). The lowest BCUT2D eigenvalue weighted by molar-refractivity contribution is 0.681. The van der Waals surface area contributed by atoms with Crippen LogP contribution in [-0.2, 0) is 0 Å². The van der Waals surface area contributed by atoms with Crippen molar-refractivity contribution < 1.29 is 0 Å². The highest BCUT2D eigenvalue weighted by Crippen LogP contribution is 2.33. The van der Waals surface area contributed by atoms with E-state index in [4.69, 9.17) is 0 Å². The molecule has 1 nitrogen and oxygen atoms in total. The SMILES string of the molecule is CCC1=C(C)C(c2ccccc2C)NC=C1[Si]C. The maximum Gasteiger partial charge on any atom is 0.0797 e. The molecular formula is C16H21NSi. The van der Waals surface area contributed by atoms with Gasteiger partial charge in [0.25, 0.3) is 0 Å². The maximum absolute atomic E-state index is 3.58. The van der Waals surface area contributed by atoms with E-state index in [2.05, 4.69) is 63.1 Å². The van der Waals surface area contributed by atoms with Gasteiger partial charge >= 0.3 is 0 Å². The minimum Gasteiger partial charge on any atom is -0.380 e. The first kappa shape index (κ1) is 13.2. The average molecular weight is 255 g/mol. The van der Waals surface area contributed by atoms with Crippen LogP contribution in [0, 0.1) is 6.92 Å². The van der Waals surface area contributed by atoms with Gasteiger partial charge in [0.05, 0.1) is 15.6 Å². The topological polar surface area (TPSA) is 12.0 Å². The third-order valence-electron chi connectivity index (χ3n) is 3.75. The number of rotatable bonds is 3. The fourth-order valence-corrected chi connectivity index (χ4v) is 3.59. The van der Waals surface area contributed by atoms with Gasteiger partial charge in [0.2, 0.25) is 0 Å². The van der Waals surface area contributed by atoms with Gasteiger partial charge in [-0.1, -0.05) is 37.7 Å². The Bertz CT molecular complexity index is 500. The molecule has 0 fully saturated rings. The minimum absolute atomic E-state index is 0.348. The monoisotopic (exact) mass is 255 g/mol. The average Bonchev–Trinajstić information content (AvgIpc) is 2.39. The van der Waals surface area contributed by atoms with E-state index in [-0.39, 0.29) is 0 Å². The smallest absolute Gasteiger partial charge is 0.0797 e. The van der Waals surface area contributed by atoms with Gasteiger partial charge in [-0.15, -0.1) is 0 Å². The Balaban J connectivity index is 2.42. The summed E-state index contributed by atoms with van der Waals surface area (Å²) in [6, 6.07) is 9.01. The highest BCUT2D eigenvalue weighted by molar-refractivity contribution is 6.45. The van der Waals surface area contributed by atoms with Crippen molar-refractivity contribution in [3.05, 3.63) is 57.9 Å². The fraction of sp³-hybridized carbons (Fsp3) is 0.375. The first-order chi connectivity index (χ1) is 8.69. The Hall–Kier alpha value is -1.28. The summed E-state index contributed by atoms with van der Waals surface area (Å²) in [5, 5.41) is 5.06. The largest absolute Gasteiger partial charge is 0.380 e. The van der Waals surface area contributed by atoms with E-state index >= 15 is 0 Å².